The van der Waals surface area contributed by atoms with Gasteiger partial charge in [0.25, 0.3) is 0 Å². The Hall–Kier alpha value is -2.90. The highest BCUT2D eigenvalue weighted by Crippen LogP contribution is 2.17. The summed E-state index contributed by atoms with van der Waals surface area (Å²) < 4.78 is 5.64. The summed E-state index contributed by atoms with van der Waals surface area (Å²) in [7, 11) is 0. The van der Waals surface area contributed by atoms with Crippen molar-refractivity contribution in [3.63, 3.8) is 0 Å². The van der Waals surface area contributed by atoms with Crippen LogP contribution in [0.1, 0.15) is 19.4 Å². The van der Waals surface area contributed by atoms with Gasteiger partial charge in [0.15, 0.2) is 0 Å². The van der Waals surface area contributed by atoms with Gasteiger partial charge in [-0.15, -0.1) is 0 Å². The minimum Gasteiger partial charge on any atom is -0.491 e. The van der Waals surface area contributed by atoms with Gasteiger partial charge in [0.1, 0.15) is 18.5 Å². The van der Waals surface area contributed by atoms with Crippen LogP contribution in [0, 0.1) is 6.92 Å². The molecule has 0 saturated carbocycles. The van der Waals surface area contributed by atoms with Gasteiger partial charge >= 0.3 is 0 Å². The molecule has 7 nitrogen and oxygen atoms in total. The largest absolute Gasteiger partial charge is 0.491 e. The standard InChI is InChI=1S/C22H29N3O4/c1-17-9-7-8-12-22(17)29-16-21(28)15-23-13-14-24(18(2)26)25(19(3)27)20-10-5-4-6-11-20/h4-12,21,23,28H,13-16H2,1-3H3. The van der Waals surface area contributed by atoms with Gasteiger partial charge in [0.05, 0.1) is 12.2 Å². The lowest BCUT2D eigenvalue weighted by Crippen LogP contribution is -2.51. The van der Waals surface area contributed by atoms with Crippen LogP contribution in [0.15, 0.2) is 54.6 Å². The van der Waals surface area contributed by atoms with E-state index in [1.165, 1.54) is 23.9 Å². The highest BCUT2D eigenvalue weighted by molar-refractivity contribution is 5.94. The average Bonchev–Trinajstić information content (AvgIpc) is 2.69. The molecule has 0 heterocycles. The van der Waals surface area contributed by atoms with E-state index in [0.29, 0.717) is 18.8 Å². The summed E-state index contributed by atoms with van der Waals surface area (Å²) in [4.78, 5) is 24.3. The normalized spacial score (nSPS) is 11.6. The van der Waals surface area contributed by atoms with E-state index in [1.807, 2.05) is 49.4 Å². The van der Waals surface area contributed by atoms with E-state index in [1.54, 1.807) is 12.1 Å². The number of carbonyl (C=O) groups is 2. The van der Waals surface area contributed by atoms with Gasteiger partial charge in [-0.2, -0.15) is 0 Å². The summed E-state index contributed by atoms with van der Waals surface area (Å²) in [5, 5.41) is 16.0. The van der Waals surface area contributed by atoms with Crippen molar-refractivity contribution in [2.75, 3.05) is 31.3 Å². The predicted octanol–water partition coefficient (Wildman–Crippen LogP) is 2.14. The molecule has 0 aliphatic rings. The van der Waals surface area contributed by atoms with Crippen molar-refractivity contribution in [1.29, 1.82) is 0 Å². The van der Waals surface area contributed by atoms with E-state index in [4.69, 9.17) is 4.74 Å². The third kappa shape index (κ3) is 6.89. The second kappa shape index (κ2) is 11.2. The number of hydrazine groups is 1. The molecule has 0 aromatic heterocycles. The Morgan fingerprint density at radius 3 is 2.31 bits per heavy atom. The second-order valence-corrected chi connectivity index (χ2v) is 6.74. The Morgan fingerprint density at radius 1 is 1.03 bits per heavy atom. The average molecular weight is 399 g/mol. The number of aryl methyl sites for hydroxylation is 1. The van der Waals surface area contributed by atoms with E-state index in [9.17, 15) is 14.7 Å². The van der Waals surface area contributed by atoms with Crippen LogP contribution in [0.3, 0.4) is 0 Å². The number of amides is 2. The Labute approximate surface area is 171 Å². The third-order valence-electron chi connectivity index (χ3n) is 4.31. The minimum absolute atomic E-state index is 0.165. The summed E-state index contributed by atoms with van der Waals surface area (Å²) in [6.45, 7) is 5.96. The number of nitrogens with zero attached hydrogens (tertiary/aromatic N) is 2. The predicted molar refractivity (Wildman–Crippen MR) is 113 cm³/mol. The maximum Gasteiger partial charge on any atom is 0.242 e. The number of hydrogen-bond acceptors (Lipinski definition) is 5. The van der Waals surface area contributed by atoms with Crippen LogP contribution in [-0.2, 0) is 9.59 Å². The zero-order valence-electron chi connectivity index (χ0n) is 17.2. The fourth-order valence-corrected chi connectivity index (χ4v) is 2.88. The number of aliphatic hydroxyl groups is 1. The first-order valence-electron chi connectivity index (χ1n) is 9.61. The van der Waals surface area contributed by atoms with Gasteiger partial charge in [0.2, 0.25) is 11.8 Å². The molecule has 29 heavy (non-hydrogen) atoms. The highest BCUT2D eigenvalue weighted by Gasteiger charge is 2.22. The van der Waals surface area contributed by atoms with E-state index in [-0.39, 0.29) is 25.0 Å². The summed E-state index contributed by atoms with van der Waals surface area (Å²) >= 11 is 0. The van der Waals surface area contributed by atoms with Crippen LogP contribution < -0.4 is 15.1 Å². The molecule has 1 unspecified atom stereocenters. The zero-order valence-corrected chi connectivity index (χ0v) is 17.2. The SMILES string of the molecule is CC(=O)N(CCNCC(O)COc1ccccc1C)N(C(C)=O)c1ccccc1. The van der Waals surface area contributed by atoms with Crippen molar-refractivity contribution in [2.24, 2.45) is 0 Å². The van der Waals surface area contributed by atoms with Crippen molar-refractivity contribution in [1.82, 2.24) is 10.3 Å². The molecule has 0 bridgehead atoms. The van der Waals surface area contributed by atoms with Gasteiger partial charge < -0.3 is 15.2 Å². The molecule has 0 aliphatic carbocycles. The van der Waals surface area contributed by atoms with Gasteiger partial charge in [-0.1, -0.05) is 36.4 Å². The van der Waals surface area contributed by atoms with Crippen molar-refractivity contribution in [3.05, 3.63) is 60.2 Å². The maximum atomic E-state index is 12.1. The van der Waals surface area contributed by atoms with Crippen LogP contribution in [-0.4, -0.2) is 54.3 Å². The summed E-state index contributed by atoms with van der Waals surface area (Å²) in [6.07, 6.45) is -0.696. The molecule has 156 valence electrons. The molecule has 0 saturated heterocycles. The van der Waals surface area contributed by atoms with Gasteiger partial charge in [-0.3, -0.25) is 9.59 Å². The smallest absolute Gasteiger partial charge is 0.242 e. The lowest BCUT2D eigenvalue weighted by molar-refractivity contribution is -0.134. The monoisotopic (exact) mass is 399 g/mol. The number of hydrogen-bond donors (Lipinski definition) is 2. The number of para-hydroxylation sites is 2. The molecule has 2 rings (SSSR count). The number of ether oxygens (including phenoxy) is 1. The first-order valence-corrected chi connectivity index (χ1v) is 9.61. The zero-order chi connectivity index (χ0) is 21.2. The Kier molecular flexibility index (Phi) is 8.64. The second-order valence-electron chi connectivity index (χ2n) is 6.74. The molecular formula is C22H29N3O4. The number of benzene rings is 2. The summed E-state index contributed by atoms with van der Waals surface area (Å²) in [5.41, 5.74) is 1.64. The molecule has 2 amide bonds. The first kappa shape index (κ1) is 22.4. The number of anilines is 1. The van der Waals surface area contributed by atoms with Crippen molar-refractivity contribution < 1.29 is 19.4 Å². The number of nitrogens with one attached hydrogen (secondary N) is 1. The molecule has 0 radical (unpaired) electrons. The Morgan fingerprint density at radius 2 is 1.69 bits per heavy atom. The minimum atomic E-state index is -0.696. The topological polar surface area (TPSA) is 82.1 Å². The fourth-order valence-electron chi connectivity index (χ4n) is 2.88. The first-order chi connectivity index (χ1) is 13.9. The van der Waals surface area contributed by atoms with Gasteiger partial charge in [-0.25, -0.2) is 10.0 Å². The van der Waals surface area contributed by atoms with E-state index in [0.717, 1.165) is 11.3 Å². The highest BCUT2D eigenvalue weighted by atomic mass is 16.5. The summed E-state index contributed by atoms with van der Waals surface area (Å²) in [6, 6.07) is 16.7. The molecule has 2 aromatic carbocycles. The molecule has 0 aliphatic heterocycles. The van der Waals surface area contributed by atoms with Crippen molar-refractivity contribution in [2.45, 2.75) is 26.9 Å². The van der Waals surface area contributed by atoms with Crippen molar-refractivity contribution >= 4 is 17.5 Å². The maximum absolute atomic E-state index is 12.1. The molecule has 1 atom stereocenters. The molecule has 0 fully saturated rings. The molecule has 2 N–H and O–H groups in total. The van der Waals surface area contributed by atoms with Gasteiger partial charge in [0, 0.05) is 26.9 Å². The van der Waals surface area contributed by atoms with Gasteiger partial charge in [-0.05, 0) is 30.7 Å². The number of rotatable bonds is 9. The molecule has 2 aromatic rings. The van der Waals surface area contributed by atoms with Crippen LogP contribution in [0.5, 0.6) is 5.75 Å². The quantitative estimate of drug-likeness (QED) is 0.499. The number of aliphatic hydroxyl groups excluding tert-OH is 1. The fraction of sp³-hybridized carbons (Fsp3) is 0.364. The van der Waals surface area contributed by atoms with Crippen LogP contribution in [0.4, 0.5) is 5.69 Å². The van der Waals surface area contributed by atoms with Crippen LogP contribution in [0.25, 0.3) is 0 Å². The Balaban J connectivity index is 1.83. The lowest BCUT2D eigenvalue weighted by Gasteiger charge is -2.33. The number of carbonyl (C=O) groups excluding carboxylic acids is 2. The summed E-state index contributed by atoms with van der Waals surface area (Å²) in [5.74, 6) is 0.251. The Bertz CT molecular complexity index is 798. The van der Waals surface area contributed by atoms with Crippen molar-refractivity contribution in [3.8, 4) is 5.75 Å². The van der Waals surface area contributed by atoms with E-state index >= 15 is 0 Å². The molecular weight excluding hydrogens is 370 g/mol. The third-order valence-corrected chi connectivity index (χ3v) is 4.31. The van der Waals surface area contributed by atoms with E-state index < -0.39 is 6.10 Å². The lowest BCUT2D eigenvalue weighted by atomic mass is 10.2. The van der Waals surface area contributed by atoms with Crippen LogP contribution >= 0.6 is 0 Å². The van der Waals surface area contributed by atoms with E-state index in [2.05, 4.69) is 5.32 Å². The molecule has 7 heteroatoms. The molecule has 0 spiro atoms. The van der Waals surface area contributed by atoms with Crippen LogP contribution in [0.2, 0.25) is 0 Å².